The first kappa shape index (κ1) is 20.0. The predicted molar refractivity (Wildman–Crippen MR) is 91.1 cm³/mol. The van der Waals surface area contributed by atoms with E-state index in [0.717, 1.165) is 22.5 Å². The highest BCUT2D eigenvalue weighted by atomic mass is 79.9. The molecule has 0 bridgehead atoms. The number of rotatable bonds is 5. The fourth-order valence-electron chi connectivity index (χ4n) is 1.94. The van der Waals surface area contributed by atoms with E-state index in [4.69, 9.17) is 16.3 Å². The summed E-state index contributed by atoms with van der Waals surface area (Å²) in [6, 6.07) is 4.98. The average Bonchev–Trinajstić information content (AvgIpc) is 2.54. The van der Waals surface area contributed by atoms with Crippen LogP contribution in [0.4, 0.5) is 18.9 Å². The molecule has 0 saturated carbocycles. The van der Waals surface area contributed by atoms with Crippen molar-refractivity contribution in [3.05, 3.63) is 51.7 Å². The maximum Gasteiger partial charge on any atom is 0.416 e. The Morgan fingerprint density at radius 2 is 2.08 bits per heavy atom. The minimum atomic E-state index is -4.64. The number of ether oxygens (including phenoxy) is 1. The zero-order chi connectivity index (χ0) is 18.8. The van der Waals surface area contributed by atoms with Crippen LogP contribution in [0, 0.1) is 0 Å². The van der Waals surface area contributed by atoms with Crippen LogP contribution in [0.3, 0.4) is 0 Å². The molecule has 0 aliphatic heterocycles. The van der Waals surface area contributed by atoms with Crippen molar-refractivity contribution in [1.82, 2.24) is 4.98 Å². The zero-order valence-corrected chi connectivity index (χ0v) is 15.8. The monoisotopic (exact) mass is 459 g/mol. The quantitative estimate of drug-likeness (QED) is 0.376. The molecule has 11 heteroatoms. The molecule has 5 nitrogen and oxygen atoms in total. The summed E-state index contributed by atoms with van der Waals surface area (Å²) in [5.41, 5.74) is -0.938. The molecular formula is C14H12BrClF3N2O3S+. The summed E-state index contributed by atoms with van der Waals surface area (Å²) in [5, 5.41) is 0.179. The summed E-state index contributed by atoms with van der Waals surface area (Å²) in [4.78, 5) is 3.49. The van der Waals surface area contributed by atoms with Gasteiger partial charge in [0.05, 0.1) is 16.3 Å². The molecule has 1 aromatic carbocycles. The largest absolute Gasteiger partial charge is 0.416 e. The molecule has 1 unspecified atom stereocenters. The molecule has 0 fully saturated rings. The third-order valence-electron chi connectivity index (χ3n) is 3.07. The highest BCUT2D eigenvalue weighted by Crippen LogP contribution is 2.34. The molecule has 0 saturated heterocycles. The van der Waals surface area contributed by atoms with Crippen LogP contribution in [0.25, 0.3) is 0 Å². The Bertz CT molecular complexity index is 878. The Balaban J connectivity index is 2.59. The number of anilines is 1. The van der Waals surface area contributed by atoms with Crippen LogP contribution in [-0.4, -0.2) is 27.2 Å². The lowest BCUT2D eigenvalue weighted by atomic mass is 10.2. The zero-order valence-electron chi connectivity index (χ0n) is 12.6. The van der Waals surface area contributed by atoms with Crippen LogP contribution in [0.15, 0.2) is 46.0 Å². The number of benzene rings is 1. The van der Waals surface area contributed by atoms with Crippen molar-refractivity contribution >= 4 is 43.2 Å². The van der Waals surface area contributed by atoms with E-state index in [-0.39, 0.29) is 22.0 Å². The summed E-state index contributed by atoms with van der Waals surface area (Å²) in [7, 11) is -2.83. The van der Waals surface area contributed by atoms with Gasteiger partial charge in [-0.25, -0.2) is 9.19 Å². The number of hydrogen-bond acceptors (Lipinski definition) is 3. The van der Waals surface area contributed by atoms with Crippen LogP contribution in [0.1, 0.15) is 5.56 Å². The van der Waals surface area contributed by atoms with Crippen LogP contribution < -0.4 is 4.31 Å². The van der Waals surface area contributed by atoms with E-state index in [9.17, 15) is 21.6 Å². The molecule has 25 heavy (non-hydrogen) atoms. The fourth-order valence-corrected chi connectivity index (χ4v) is 4.09. The number of halogens is 5. The molecule has 0 aliphatic carbocycles. The molecule has 136 valence electrons. The Morgan fingerprint density at radius 1 is 1.40 bits per heavy atom. The second kappa shape index (κ2) is 7.48. The van der Waals surface area contributed by atoms with Gasteiger partial charge in [0.2, 0.25) is 0 Å². The number of methoxy groups -OCH3 is 1. The maximum atomic E-state index is 13.0. The van der Waals surface area contributed by atoms with Gasteiger partial charge in [-0.15, -0.1) is 0 Å². The van der Waals surface area contributed by atoms with E-state index in [1.54, 1.807) is 0 Å². The van der Waals surface area contributed by atoms with Crippen LogP contribution in [-0.2, 0) is 20.9 Å². The van der Waals surface area contributed by atoms with Crippen molar-refractivity contribution in [2.24, 2.45) is 0 Å². The Kier molecular flexibility index (Phi) is 5.97. The highest BCUT2D eigenvalue weighted by Gasteiger charge is 2.36. The van der Waals surface area contributed by atoms with Gasteiger partial charge in [-0.05, 0) is 40.2 Å². The summed E-state index contributed by atoms with van der Waals surface area (Å²) in [6.45, 7) is -0.383. The first-order valence-electron chi connectivity index (χ1n) is 6.59. The fraction of sp³-hybridized carbons (Fsp3) is 0.214. The minimum absolute atomic E-state index is 0.0965. The lowest BCUT2D eigenvalue weighted by Crippen LogP contribution is -2.33. The number of nitrogens with zero attached hydrogens (tertiary/aromatic N) is 2. The molecule has 1 atom stereocenters. The standard InChI is InChI=1S/C14H11BrClF3N2O3S/c1-24-8-21(12-6-10(16)7-20-13(12)15)25(22,23)11-4-2-3-9(5-11)14(17,18)19/h2-7H,8H2,1H3/p+1. The summed E-state index contributed by atoms with van der Waals surface area (Å²) >= 11 is 9.00. The Morgan fingerprint density at radius 3 is 2.68 bits per heavy atom. The lowest BCUT2D eigenvalue weighted by molar-refractivity contribution is -0.137. The molecule has 1 N–H and O–H groups in total. The summed E-state index contributed by atoms with van der Waals surface area (Å²) < 4.78 is 68.2. The van der Waals surface area contributed by atoms with Gasteiger partial charge in [-0.2, -0.15) is 21.7 Å². The number of aromatic nitrogens is 1. The molecule has 1 heterocycles. The predicted octanol–water partition coefficient (Wildman–Crippen LogP) is 4.47. The topological polar surface area (TPSA) is 63.8 Å². The van der Waals surface area contributed by atoms with Gasteiger partial charge in [0.1, 0.15) is 16.2 Å². The van der Waals surface area contributed by atoms with Crippen molar-refractivity contribution in [1.29, 1.82) is 0 Å². The van der Waals surface area contributed by atoms with Gasteiger partial charge < -0.3 is 4.74 Å². The summed E-state index contributed by atoms with van der Waals surface area (Å²) in [6.07, 6.45) is -3.33. The van der Waals surface area contributed by atoms with Gasteiger partial charge in [0.25, 0.3) is 0 Å². The molecule has 2 aromatic rings. The molecule has 0 radical (unpaired) electrons. The first-order chi connectivity index (χ1) is 11.6. The Hall–Kier alpha value is -1.36. The average molecular weight is 461 g/mol. The van der Waals surface area contributed by atoms with Gasteiger partial charge in [-0.3, -0.25) is 0 Å². The van der Waals surface area contributed by atoms with Gasteiger partial charge in [0.15, 0.2) is 0 Å². The number of hydrogen-bond donors (Lipinski definition) is 0. The van der Waals surface area contributed by atoms with Gasteiger partial charge in [0, 0.05) is 13.3 Å². The normalized spacial score (nSPS) is 14.2. The minimum Gasteiger partial charge on any atom is -0.363 e. The van der Waals surface area contributed by atoms with Crippen molar-refractivity contribution < 1.29 is 26.3 Å². The molecular weight excluding hydrogens is 449 g/mol. The molecule has 1 aromatic heterocycles. The molecule has 0 amide bonds. The number of alkyl halides is 3. The number of pyridine rings is 1. The van der Waals surface area contributed by atoms with E-state index >= 15 is 0 Å². The van der Waals surface area contributed by atoms with E-state index in [2.05, 4.69) is 20.9 Å². The third-order valence-corrected chi connectivity index (χ3v) is 5.65. The summed E-state index contributed by atoms with van der Waals surface area (Å²) in [5.74, 6) is 0. The van der Waals surface area contributed by atoms with Crippen molar-refractivity contribution in [2.45, 2.75) is 11.1 Å². The molecule has 0 spiro atoms. The van der Waals surface area contributed by atoms with Crippen molar-refractivity contribution in [2.75, 3.05) is 18.1 Å². The smallest absolute Gasteiger partial charge is 0.363 e. The first-order valence-corrected chi connectivity index (χ1v) is 9.23. The van der Waals surface area contributed by atoms with E-state index in [1.807, 2.05) is 0 Å². The van der Waals surface area contributed by atoms with E-state index < -0.39 is 26.7 Å². The van der Waals surface area contributed by atoms with E-state index in [0.29, 0.717) is 6.07 Å². The maximum absolute atomic E-state index is 13.0. The SMILES string of the molecule is COCN(c1cc(Cl)cnc1Br)S(=O)(=[OH+])c1cccc(C(F)(F)F)c1. The van der Waals surface area contributed by atoms with Gasteiger partial charge in [-0.1, -0.05) is 17.7 Å². The van der Waals surface area contributed by atoms with E-state index in [1.165, 1.54) is 19.4 Å². The van der Waals surface area contributed by atoms with Crippen molar-refractivity contribution in [3.8, 4) is 0 Å². The lowest BCUT2D eigenvalue weighted by Gasteiger charge is -2.21. The Labute approximate surface area is 155 Å². The van der Waals surface area contributed by atoms with Gasteiger partial charge >= 0.3 is 16.2 Å². The van der Waals surface area contributed by atoms with Crippen LogP contribution in [0.2, 0.25) is 5.02 Å². The molecule has 0 aliphatic rings. The van der Waals surface area contributed by atoms with Crippen LogP contribution >= 0.6 is 27.5 Å². The third kappa shape index (κ3) is 4.43. The van der Waals surface area contributed by atoms with Crippen molar-refractivity contribution in [3.63, 3.8) is 0 Å². The molecule has 2 rings (SSSR count). The highest BCUT2D eigenvalue weighted by molar-refractivity contribution is 9.10. The second-order valence-corrected chi connectivity index (χ2v) is 7.87. The second-order valence-electron chi connectivity index (χ2n) is 4.78. The van der Waals surface area contributed by atoms with Crippen LogP contribution in [0.5, 0.6) is 0 Å².